The number of alkyl halides is 6. The average molecular weight is 594 g/mol. The minimum absolute atomic E-state index is 0.174. The van der Waals surface area contributed by atoms with Crippen LogP contribution in [0.4, 0.5) is 31.1 Å². The Kier molecular flexibility index (Phi) is 9.50. The van der Waals surface area contributed by atoms with E-state index in [9.17, 15) is 40.7 Å². The molecule has 1 aromatic heterocycles. The number of halogens is 7. The van der Waals surface area contributed by atoms with Crippen molar-refractivity contribution in [1.82, 2.24) is 19.7 Å². The fourth-order valence-electron chi connectivity index (χ4n) is 3.81. The molecule has 0 aliphatic rings. The van der Waals surface area contributed by atoms with E-state index in [4.69, 9.17) is 17.3 Å². The number of hydrogen-bond acceptors (Lipinski definition) is 5. The molecule has 0 bridgehead atoms. The lowest BCUT2D eigenvalue weighted by atomic mass is 9.97. The Morgan fingerprint density at radius 1 is 1.05 bits per heavy atom. The Morgan fingerprint density at radius 3 is 2.30 bits per heavy atom. The van der Waals surface area contributed by atoms with Crippen LogP contribution >= 0.6 is 11.6 Å². The second kappa shape index (κ2) is 12.4. The number of hydrogen-bond donors (Lipinski definition) is 2. The van der Waals surface area contributed by atoms with Gasteiger partial charge in [0.15, 0.2) is 5.82 Å². The van der Waals surface area contributed by atoms with Gasteiger partial charge in [-0.25, -0.2) is 14.3 Å². The highest BCUT2D eigenvalue weighted by Crippen LogP contribution is 2.35. The molecule has 0 saturated heterocycles. The van der Waals surface area contributed by atoms with Crippen LogP contribution in [0.2, 0.25) is 5.02 Å². The molecular weight excluding hydrogens is 572 g/mol. The summed E-state index contributed by atoms with van der Waals surface area (Å²) in [6.45, 7) is -2.08. The number of ether oxygens (including phenoxy) is 1. The Labute approximate surface area is 227 Å². The average Bonchev–Trinajstić information content (AvgIpc) is 3.16. The molecule has 0 aliphatic carbocycles. The molecular formula is C24H22ClF6N5O4. The lowest BCUT2D eigenvalue weighted by Crippen LogP contribution is -2.37. The zero-order valence-electron chi connectivity index (χ0n) is 20.4. The Bertz CT molecular complexity index is 1400. The highest BCUT2D eigenvalue weighted by Gasteiger charge is 2.35. The number of amides is 2. The van der Waals surface area contributed by atoms with Gasteiger partial charge in [-0.15, -0.1) is 5.10 Å². The van der Waals surface area contributed by atoms with E-state index >= 15 is 0 Å². The number of nitrogens with zero attached hydrogens (tertiary/aromatic N) is 3. The summed E-state index contributed by atoms with van der Waals surface area (Å²) < 4.78 is 85.5. The smallest absolute Gasteiger partial charge is 0.416 e. The SMILES string of the molecule is NC(=O)OCCC(NC(=O)Cn1nc(-c2ccc(Cl)cc2)n(CCC(F)(F)F)c1=O)c1ccccc1C(F)(F)F. The van der Waals surface area contributed by atoms with Gasteiger partial charge < -0.3 is 15.8 Å². The number of aromatic nitrogens is 3. The van der Waals surface area contributed by atoms with Crippen molar-refractivity contribution in [2.45, 2.75) is 44.3 Å². The Balaban J connectivity index is 1.92. The van der Waals surface area contributed by atoms with Gasteiger partial charge in [-0.2, -0.15) is 26.3 Å². The van der Waals surface area contributed by atoms with Crippen LogP contribution in [0.3, 0.4) is 0 Å². The molecule has 2 aromatic carbocycles. The lowest BCUT2D eigenvalue weighted by Gasteiger charge is -2.23. The monoisotopic (exact) mass is 593 g/mol. The molecule has 2 amide bonds. The van der Waals surface area contributed by atoms with E-state index in [1.807, 2.05) is 0 Å². The van der Waals surface area contributed by atoms with Crippen LogP contribution in [0.5, 0.6) is 0 Å². The molecule has 3 aromatic rings. The van der Waals surface area contributed by atoms with Crippen molar-refractivity contribution in [2.75, 3.05) is 6.61 Å². The molecule has 1 heterocycles. The van der Waals surface area contributed by atoms with E-state index in [-0.39, 0.29) is 23.4 Å². The van der Waals surface area contributed by atoms with Crippen molar-refractivity contribution >= 4 is 23.6 Å². The maximum atomic E-state index is 13.6. The molecule has 3 rings (SSSR count). The zero-order chi connectivity index (χ0) is 29.7. The first kappa shape index (κ1) is 30.5. The second-order valence-corrected chi connectivity index (χ2v) is 8.89. The number of rotatable bonds is 10. The standard InChI is InChI=1S/C24H22ClF6N5O4/c25-15-7-5-14(6-8-15)20-34-36(22(39)35(20)11-10-23(26,27)28)13-19(37)33-18(9-12-40-21(32)38)16-3-1-2-4-17(16)24(29,30)31/h1-8,18H,9-13H2,(H2,32,38)(H,33,37). The molecule has 3 N–H and O–H groups in total. The van der Waals surface area contributed by atoms with E-state index in [1.54, 1.807) is 0 Å². The van der Waals surface area contributed by atoms with Gasteiger partial charge in [0.25, 0.3) is 0 Å². The van der Waals surface area contributed by atoms with Crippen molar-refractivity contribution < 1.29 is 40.7 Å². The van der Waals surface area contributed by atoms with Gasteiger partial charge in [0.2, 0.25) is 5.91 Å². The summed E-state index contributed by atoms with van der Waals surface area (Å²) in [4.78, 5) is 36.8. The summed E-state index contributed by atoms with van der Waals surface area (Å²) in [5.41, 5.74) is 2.69. The molecule has 40 heavy (non-hydrogen) atoms. The van der Waals surface area contributed by atoms with Gasteiger partial charge in [0, 0.05) is 23.6 Å². The number of carbonyl (C=O) groups is 2. The van der Waals surface area contributed by atoms with Crippen molar-refractivity contribution in [3.05, 3.63) is 75.2 Å². The number of carbonyl (C=O) groups excluding carboxylic acids is 2. The normalized spacial score (nSPS) is 12.7. The number of primary amides is 1. The van der Waals surface area contributed by atoms with Crippen molar-refractivity contribution in [3.8, 4) is 11.4 Å². The first-order chi connectivity index (χ1) is 18.7. The van der Waals surface area contributed by atoms with Gasteiger partial charge in [0.1, 0.15) is 6.54 Å². The van der Waals surface area contributed by atoms with Crippen LogP contribution in [-0.4, -0.2) is 39.1 Å². The summed E-state index contributed by atoms with van der Waals surface area (Å²) in [6.07, 6.45) is -12.2. The van der Waals surface area contributed by atoms with Crippen LogP contribution in [0.25, 0.3) is 11.4 Å². The van der Waals surface area contributed by atoms with E-state index in [1.165, 1.54) is 30.3 Å². The van der Waals surface area contributed by atoms with E-state index in [0.29, 0.717) is 9.70 Å². The maximum absolute atomic E-state index is 13.6. The van der Waals surface area contributed by atoms with Crippen LogP contribution in [-0.2, 0) is 28.8 Å². The molecule has 0 saturated carbocycles. The van der Waals surface area contributed by atoms with Crippen molar-refractivity contribution in [3.63, 3.8) is 0 Å². The Morgan fingerprint density at radius 2 is 1.70 bits per heavy atom. The van der Waals surface area contributed by atoms with Gasteiger partial charge >= 0.3 is 24.1 Å². The van der Waals surface area contributed by atoms with Gasteiger partial charge in [-0.05, 0) is 35.9 Å². The minimum Gasteiger partial charge on any atom is -0.450 e. The number of benzene rings is 2. The first-order valence-corrected chi connectivity index (χ1v) is 11.9. The molecule has 9 nitrogen and oxygen atoms in total. The topological polar surface area (TPSA) is 121 Å². The lowest BCUT2D eigenvalue weighted by molar-refractivity contribution is -0.139. The summed E-state index contributed by atoms with van der Waals surface area (Å²) in [7, 11) is 0. The van der Waals surface area contributed by atoms with Gasteiger partial charge in [-0.3, -0.25) is 9.36 Å². The van der Waals surface area contributed by atoms with Crippen molar-refractivity contribution in [2.24, 2.45) is 5.73 Å². The fraction of sp³-hybridized carbons (Fsp3) is 0.333. The van der Waals surface area contributed by atoms with E-state index in [0.717, 1.165) is 22.8 Å². The summed E-state index contributed by atoms with van der Waals surface area (Å²) in [5.74, 6) is -1.15. The largest absolute Gasteiger partial charge is 0.450 e. The maximum Gasteiger partial charge on any atom is 0.416 e. The number of nitrogens with one attached hydrogen (secondary N) is 1. The van der Waals surface area contributed by atoms with E-state index < -0.39 is 67.8 Å². The highest BCUT2D eigenvalue weighted by atomic mass is 35.5. The predicted molar refractivity (Wildman–Crippen MR) is 130 cm³/mol. The van der Waals surface area contributed by atoms with Gasteiger partial charge in [0.05, 0.1) is 24.6 Å². The molecule has 0 radical (unpaired) electrons. The van der Waals surface area contributed by atoms with Crippen LogP contribution in [0.1, 0.15) is 30.0 Å². The molecule has 216 valence electrons. The van der Waals surface area contributed by atoms with Crippen LogP contribution in [0.15, 0.2) is 53.3 Å². The van der Waals surface area contributed by atoms with Gasteiger partial charge in [-0.1, -0.05) is 29.8 Å². The third kappa shape index (κ3) is 8.24. The molecule has 1 unspecified atom stereocenters. The third-order valence-electron chi connectivity index (χ3n) is 5.57. The summed E-state index contributed by atoms with van der Waals surface area (Å²) in [5, 5.41) is 6.67. The molecule has 1 atom stereocenters. The quantitative estimate of drug-likeness (QED) is 0.331. The first-order valence-electron chi connectivity index (χ1n) is 11.5. The summed E-state index contributed by atoms with van der Waals surface area (Å²) >= 11 is 5.86. The van der Waals surface area contributed by atoms with Crippen molar-refractivity contribution in [1.29, 1.82) is 0 Å². The zero-order valence-corrected chi connectivity index (χ0v) is 21.2. The predicted octanol–water partition coefficient (Wildman–Crippen LogP) is 4.68. The van der Waals surface area contributed by atoms with Crippen LogP contribution in [0, 0.1) is 0 Å². The van der Waals surface area contributed by atoms with E-state index in [2.05, 4.69) is 15.2 Å². The highest BCUT2D eigenvalue weighted by molar-refractivity contribution is 6.30. The fourth-order valence-corrected chi connectivity index (χ4v) is 3.94. The molecule has 16 heteroatoms. The Hall–Kier alpha value is -4.01. The molecule has 0 spiro atoms. The summed E-state index contributed by atoms with van der Waals surface area (Å²) in [6, 6.07) is 8.73. The molecule has 0 fully saturated rings. The number of nitrogens with two attached hydrogens (primary N) is 1. The third-order valence-corrected chi connectivity index (χ3v) is 5.82. The second-order valence-electron chi connectivity index (χ2n) is 8.45. The van der Waals surface area contributed by atoms with Crippen LogP contribution < -0.4 is 16.7 Å². The minimum atomic E-state index is -4.79. The molecule has 0 aliphatic heterocycles.